The van der Waals surface area contributed by atoms with Crippen LogP contribution in [0.1, 0.15) is 46.5 Å². The van der Waals surface area contributed by atoms with Crippen LogP contribution in [0.25, 0.3) is 5.65 Å². The van der Waals surface area contributed by atoms with Crippen LogP contribution in [-0.4, -0.2) is 15.9 Å². The van der Waals surface area contributed by atoms with Crippen LogP contribution in [-0.2, 0) is 0 Å². The first-order valence-electron chi connectivity index (χ1n) is 7.28. The van der Waals surface area contributed by atoms with Crippen molar-refractivity contribution in [2.45, 2.75) is 46.5 Å². The van der Waals surface area contributed by atoms with E-state index in [0.717, 1.165) is 18.0 Å². The van der Waals surface area contributed by atoms with E-state index in [2.05, 4.69) is 47.6 Å². The predicted octanol–water partition coefficient (Wildman–Crippen LogP) is 4.35. The van der Waals surface area contributed by atoms with Crippen LogP contribution in [0.3, 0.4) is 0 Å². The SMILES string of the molecule is CCCCCC(C)(C)CNc1cccc2nccn12. The maximum Gasteiger partial charge on any atom is 0.138 e. The fraction of sp³-hybridized carbons (Fsp3) is 0.562. The highest BCUT2D eigenvalue weighted by atomic mass is 15.1. The Bertz CT molecular complexity index is 513. The van der Waals surface area contributed by atoms with Crippen molar-refractivity contribution in [2.75, 3.05) is 11.9 Å². The topological polar surface area (TPSA) is 29.3 Å². The third-order valence-electron chi connectivity index (χ3n) is 3.63. The lowest BCUT2D eigenvalue weighted by atomic mass is 9.87. The molecule has 1 N–H and O–H groups in total. The first-order chi connectivity index (χ1) is 9.12. The third-order valence-corrected chi connectivity index (χ3v) is 3.63. The zero-order valence-electron chi connectivity index (χ0n) is 12.3. The number of imidazole rings is 1. The largest absolute Gasteiger partial charge is 0.371 e. The van der Waals surface area contributed by atoms with Gasteiger partial charge in [-0.25, -0.2) is 4.98 Å². The van der Waals surface area contributed by atoms with Crippen LogP contribution in [0.15, 0.2) is 30.6 Å². The first-order valence-corrected chi connectivity index (χ1v) is 7.28. The number of aromatic nitrogens is 2. The maximum atomic E-state index is 4.31. The van der Waals surface area contributed by atoms with Crippen LogP contribution in [0.2, 0.25) is 0 Å². The summed E-state index contributed by atoms with van der Waals surface area (Å²) in [6.45, 7) is 7.92. The van der Waals surface area contributed by atoms with Gasteiger partial charge in [0.2, 0.25) is 0 Å². The van der Waals surface area contributed by atoms with Gasteiger partial charge in [-0.2, -0.15) is 0 Å². The summed E-state index contributed by atoms with van der Waals surface area (Å²) in [6.07, 6.45) is 9.06. The number of nitrogens with one attached hydrogen (secondary N) is 1. The summed E-state index contributed by atoms with van der Waals surface area (Å²) in [5.74, 6) is 1.12. The zero-order chi connectivity index (χ0) is 13.7. The molecule has 2 aromatic heterocycles. The fourth-order valence-corrected chi connectivity index (χ4v) is 2.36. The van der Waals surface area contributed by atoms with E-state index in [1.165, 1.54) is 25.7 Å². The molecule has 104 valence electrons. The van der Waals surface area contributed by atoms with E-state index in [4.69, 9.17) is 0 Å². The second-order valence-electron chi connectivity index (χ2n) is 6.04. The molecule has 0 saturated heterocycles. The summed E-state index contributed by atoms with van der Waals surface area (Å²) in [6, 6.07) is 6.18. The van der Waals surface area contributed by atoms with Crippen molar-refractivity contribution >= 4 is 11.5 Å². The minimum atomic E-state index is 0.331. The molecule has 0 aliphatic rings. The molecule has 0 fully saturated rings. The number of hydrogen-bond donors (Lipinski definition) is 1. The van der Waals surface area contributed by atoms with Crippen LogP contribution < -0.4 is 5.32 Å². The van der Waals surface area contributed by atoms with Gasteiger partial charge in [0.25, 0.3) is 0 Å². The fourth-order valence-electron chi connectivity index (χ4n) is 2.36. The van der Waals surface area contributed by atoms with E-state index in [1.54, 1.807) is 0 Å². The molecule has 0 unspecified atom stereocenters. The highest BCUT2D eigenvalue weighted by Gasteiger charge is 2.17. The average molecular weight is 259 g/mol. The lowest BCUT2D eigenvalue weighted by molar-refractivity contribution is 0.342. The molecular weight excluding hydrogens is 234 g/mol. The van der Waals surface area contributed by atoms with Crippen molar-refractivity contribution in [3.8, 4) is 0 Å². The molecular formula is C16H25N3. The Hall–Kier alpha value is -1.51. The Morgan fingerprint density at radius 3 is 2.89 bits per heavy atom. The summed E-state index contributed by atoms with van der Waals surface area (Å²) in [5.41, 5.74) is 1.33. The molecule has 0 radical (unpaired) electrons. The van der Waals surface area contributed by atoms with Crippen molar-refractivity contribution in [3.63, 3.8) is 0 Å². The Balaban J connectivity index is 1.96. The molecule has 2 heterocycles. The number of anilines is 1. The van der Waals surface area contributed by atoms with E-state index in [0.29, 0.717) is 5.41 Å². The van der Waals surface area contributed by atoms with E-state index < -0.39 is 0 Å². The highest BCUT2D eigenvalue weighted by Crippen LogP contribution is 2.24. The van der Waals surface area contributed by atoms with Gasteiger partial charge in [-0.15, -0.1) is 0 Å². The smallest absolute Gasteiger partial charge is 0.138 e. The quantitative estimate of drug-likeness (QED) is 0.749. The van der Waals surface area contributed by atoms with Crippen LogP contribution in [0.5, 0.6) is 0 Å². The molecule has 19 heavy (non-hydrogen) atoms. The van der Waals surface area contributed by atoms with E-state index >= 15 is 0 Å². The number of pyridine rings is 1. The molecule has 3 heteroatoms. The van der Waals surface area contributed by atoms with Crippen molar-refractivity contribution in [1.82, 2.24) is 9.38 Å². The highest BCUT2D eigenvalue weighted by molar-refractivity contribution is 5.49. The second kappa shape index (κ2) is 6.09. The number of unbranched alkanes of at least 4 members (excludes halogenated alkanes) is 2. The molecule has 0 spiro atoms. The normalized spacial score (nSPS) is 11.9. The average Bonchev–Trinajstić information content (AvgIpc) is 2.85. The molecule has 2 aromatic rings. The number of nitrogens with zero attached hydrogens (tertiary/aromatic N) is 2. The summed E-state index contributed by atoms with van der Waals surface area (Å²) in [7, 11) is 0. The molecule has 0 saturated carbocycles. The van der Waals surface area contributed by atoms with E-state index in [-0.39, 0.29) is 0 Å². The molecule has 0 atom stereocenters. The summed E-state index contributed by atoms with van der Waals surface area (Å²) in [5, 5.41) is 3.56. The van der Waals surface area contributed by atoms with Crippen molar-refractivity contribution < 1.29 is 0 Å². The van der Waals surface area contributed by atoms with Gasteiger partial charge in [0, 0.05) is 18.9 Å². The van der Waals surface area contributed by atoms with E-state index in [9.17, 15) is 0 Å². The van der Waals surface area contributed by atoms with Gasteiger partial charge in [0.15, 0.2) is 0 Å². The lowest BCUT2D eigenvalue weighted by Gasteiger charge is -2.25. The van der Waals surface area contributed by atoms with Crippen LogP contribution in [0, 0.1) is 5.41 Å². The van der Waals surface area contributed by atoms with Crippen LogP contribution >= 0.6 is 0 Å². The van der Waals surface area contributed by atoms with Gasteiger partial charge in [0.05, 0.1) is 0 Å². The van der Waals surface area contributed by atoms with Gasteiger partial charge < -0.3 is 5.32 Å². The Morgan fingerprint density at radius 1 is 1.26 bits per heavy atom. The number of fused-ring (bicyclic) bond motifs is 1. The van der Waals surface area contributed by atoms with Crippen molar-refractivity contribution in [3.05, 3.63) is 30.6 Å². The number of hydrogen-bond acceptors (Lipinski definition) is 2. The molecule has 0 aliphatic carbocycles. The molecule has 2 rings (SSSR count). The van der Waals surface area contributed by atoms with Crippen molar-refractivity contribution in [1.29, 1.82) is 0 Å². The standard InChI is InChI=1S/C16H25N3/c1-4-5-6-10-16(2,3)13-18-15-9-7-8-14-17-11-12-19(14)15/h7-9,11-12,18H,4-6,10,13H2,1-3H3. The Morgan fingerprint density at radius 2 is 2.11 bits per heavy atom. The Labute approximate surface area is 116 Å². The maximum absolute atomic E-state index is 4.31. The van der Waals surface area contributed by atoms with Gasteiger partial charge in [-0.1, -0.05) is 46.1 Å². The molecule has 3 nitrogen and oxygen atoms in total. The summed E-state index contributed by atoms with van der Waals surface area (Å²) in [4.78, 5) is 4.31. The third kappa shape index (κ3) is 3.72. The van der Waals surface area contributed by atoms with Gasteiger partial charge in [-0.05, 0) is 24.0 Å². The van der Waals surface area contributed by atoms with Gasteiger partial charge in [-0.3, -0.25) is 4.40 Å². The summed E-state index contributed by atoms with van der Waals surface area (Å²) >= 11 is 0. The van der Waals surface area contributed by atoms with E-state index in [1.807, 2.05) is 18.5 Å². The molecule has 0 bridgehead atoms. The number of rotatable bonds is 7. The minimum absolute atomic E-state index is 0.331. The minimum Gasteiger partial charge on any atom is -0.371 e. The first kappa shape index (κ1) is 13.9. The molecule has 0 aromatic carbocycles. The Kier molecular flexibility index (Phi) is 4.46. The van der Waals surface area contributed by atoms with Gasteiger partial charge >= 0.3 is 0 Å². The lowest BCUT2D eigenvalue weighted by Crippen LogP contribution is -2.23. The van der Waals surface area contributed by atoms with Crippen molar-refractivity contribution in [2.24, 2.45) is 5.41 Å². The van der Waals surface area contributed by atoms with Gasteiger partial charge in [0.1, 0.15) is 11.5 Å². The monoisotopic (exact) mass is 259 g/mol. The molecule has 0 amide bonds. The van der Waals surface area contributed by atoms with Crippen LogP contribution in [0.4, 0.5) is 5.82 Å². The second-order valence-corrected chi connectivity index (χ2v) is 6.04. The molecule has 0 aliphatic heterocycles. The summed E-state index contributed by atoms with van der Waals surface area (Å²) < 4.78 is 2.10. The predicted molar refractivity (Wildman–Crippen MR) is 81.6 cm³/mol. The zero-order valence-corrected chi connectivity index (χ0v) is 12.3.